The topological polar surface area (TPSA) is 64.0 Å². The summed E-state index contributed by atoms with van der Waals surface area (Å²) >= 11 is 0. The molecule has 0 unspecified atom stereocenters. The molecule has 0 aliphatic rings. The number of hydrogen-bond acceptors (Lipinski definition) is 3. The molecule has 0 radical (unpaired) electrons. The lowest BCUT2D eigenvalue weighted by atomic mass is 10.1. The van der Waals surface area contributed by atoms with E-state index in [1.54, 1.807) is 12.1 Å². The molecule has 0 spiro atoms. The number of hydrogen-bond donors (Lipinski definition) is 1. The van der Waals surface area contributed by atoms with Crippen LogP contribution in [0.5, 0.6) is 0 Å². The van der Waals surface area contributed by atoms with Crippen molar-refractivity contribution in [2.75, 3.05) is 6.54 Å². The second kappa shape index (κ2) is 8.40. The highest BCUT2D eigenvalue weighted by atomic mass is 19.1. The van der Waals surface area contributed by atoms with E-state index in [0.717, 1.165) is 16.7 Å². The van der Waals surface area contributed by atoms with Gasteiger partial charge in [0, 0.05) is 18.2 Å². The minimum atomic E-state index is -0.288. The van der Waals surface area contributed by atoms with E-state index >= 15 is 0 Å². The standard InChI is InChI=1S/C21H20FN3O2/c1-15-2-6-17(7-3-15)19-12-21(27)25(14-24-19)13-20(26)23-11-10-16-4-8-18(22)9-5-16/h2-9,12,14H,10-11,13H2,1H3,(H,23,26). The monoisotopic (exact) mass is 365 g/mol. The van der Waals surface area contributed by atoms with Crippen molar-refractivity contribution in [2.45, 2.75) is 19.9 Å². The first-order valence-corrected chi connectivity index (χ1v) is 8.66. The molecule has 0 aliphatic heterocycles. The molecule has 138 valence electrons. The summed E-state index contributed by atoms with van der Waals surface area (Å²) < 4.78 is 14.1. The zero-order chi connectivity index (χ0) is 19.2. The summed E-state index contributed by atoms with van der Waals surface area (Å²) in [5.41, 5.74) is 3.21. The largest absolute Gasteiger partial charge is 0.354 e. The Morgan fingerprint density at radius 2 is 1.81 bits per heavy atom. The van der Waals surface area contributed by atoms with Crippen LogP contribution in [0.15, 0.2) is 65.7 Å². The summed E-state index contributed by atoms with van der Waals surface area (Å²) in [7, 11) is 0. The molecule has 1 N–H and O–H groups in total. The zero-order valence-corrected chi connectivity index (χ0v) is 15.0. The van der Waals surface area contributed by atoms with Gasteiger partial charge in [-0.15, -0.1) is 0 Å². The van der Waals surface area contributed by atoms with Gasteiger partial charge >= 0.3 is 0 Å². The molecule has 0 fully saturated rings. The van der Waals surface area contributed by atoms with E-state index in [4.69, 9.17) is 0 Å². The number of carbonyl (C=O) groups is 1. The Balaban J connectivity index is 1.56. The van der Waals surface area contributed by atoms with Crippen molar-refractivity contribution in [1.82, 2.24) is 14.9 Å². The lowest BCUT2D eigenvalue weighted by molar-refractivity contribution is -0.121. The van der Waals surface area contributed by atoms with Crippen molar-refractivity contribution in [1.29, 1.82) is 0 Å². The Morgan fingerprint density at radius 1 is 1.11 bits per heavy atom. The first kappa shape index (κ1) is 18.5. The van der Waals surface area contributed by atoms with Crippen molar-refractivity contribution in [3.05, 3.63) is 88.2 Å². The summed E-state index contributed by atoms with van der Waals surface area (Å²) in [6.07, 6.45) is 1.97. The lowest BCUT2D eigenvalue weighted by Crippen LogP contribution is -2.33. The van der Waals surface area contributed by atoms with E-state index in [2.05, 4.69) is 10.3 Å². The molecule has 2 aromatic carbocycles. The number of benzene rings is 2. The summed E-state index contributed by atoms with van der Waals surface area (Å²) in [4.78, 5) is 28.6. The van der Waals surface area contributed by atoms with Crippen molar-refractivity contribution >= 4 is 5.91 Å². The number of nitrogens with one attached hydrogen (secondary N) is 1. The molecule has 0 aliphatic carbocycles. The predicted molar refractivity (Wildman–Crippen MR) is 102 cm³/mol. The number of halogens is 1. The third-order valence-corrected chi connectivity index (χ3v) is 4.19. The fraction of sp³-hybridized carbons (Fsp3) is 0.190. The van der Waals surface area contributed by atoms with Gasteiger partial charge in [-0.2, -0.15) is 0 Å². The van der Waals surface area contributed by atoms with Crippen molar-refractivity contribution in [2.24, 2.45) is 0 Å². The maximum atomic E-state index is 12.9. The van der Waals surface area contributed by atoms with Crippen molar-refractivity contribution in [3.8, 4) is 11.3 Å². The number of nitrogens with zero attached hydrogens (tertiary/aromatic N) is 2. The molecule has 1 heterocycles. The van der Waals surface area contributed by atoms with Gasteiger partial charge in [0.1, 0.15) is 12.4 Å². The molecule has 3 rings (SSSR count). The normalized spacial score (nSPS) is 10.6. The molecule has 0 saturated carbocycles. The SMILES string of the molecule is Cc1ccc(-c2cc(=O)n(CC(=O)NCCc3ccc(F)cc3)cn2)cc1. The van der Waals surface area contributed by atoms with Gasteiger partial charge in [-0.25, -0.2) is 9.37 Å². The zero-order valence-electron chi connectivity index (χ0n) is 15.0. The first-order chi connectivity index (χ1) is 13.0. The Hall–Kier alpha value is -3.28. The highest BCUT2D eigenvalue weighted by Gasteiger charge is 2.07. The molecule has 0 atom stereocenters. The molecule has 27 heavy (non-hydrogen) atoms. The van der Waals surface area contributed by atoms with Crippen LogP contribution in [0.1, 0.15) is 11.1 Å². The molecule has 1 aromatic heterocycles. The predicted octanol–water partition coefficient (Wildman–Crippen LogP) is 2.72. The van der Waals surface area contributed by atoms with Crippen LogP contribution in [0.25, 0.3) is 11.3 Å². The van der Waals surface area contributed by atoms with Crippen molar-refractivity contribution < 1.29 is 9.18 Å². The van der Waals surface area contributed by atoms with Crippen LogP contribution in [-0.4, -0.2) is 22.0 Å². The van der Waals surface area contributed by atoms with E-state index in [-0.39, 0.29) is 23.8 Å². The number of amides is 1. The van der Waals surface area contributed by atoms with Crippen LogP contribution in [0.4, 0.5) is 4.39 Å². The van der Waals surface area contributed by atoms with Crippen LogP contribution in [0.3, 0.4) is 0 Å². The molecule has 0 saturated heterocycles. The van der Waals surface area contributed by atoms with E-state index in [1.165, 1.54) is 29.1 Å². The Bertz CT molecular complexity index is 980. The summed E-state index contributed by atoms with van der Waals surface area (Å²) in [5.74, 6) is -0.562. The van der Waals surface area contributed by atoms with Gasteiger partial charge in [0.15, 0.2) is 0 Å². The van der Waals surface area contributed by atoms with Crippen molar-refractivity contribution in [3.63, 3.8) is 0 Å². The third kappa shape index (κ3) is 5.10. The van der Waals surface area contributed by atoms with Crippen LogP contribution in [0.2, 0.25) is 0 Å². The minimum absolute atomic E-state index is 0.0938. The number of rotatable bonds is 6. The summed E-state index contributed by atoms with van der Waals surface area (Å²) in [5, 5.41) is 2.75. The maximum absolute atomic E-state index is 12.9. The van der Waals surface area contributed by atoms with Gasteiger partial charge in [0.25, 0.3) is 5.56 Å². The number of aryl methyl sites for hydroxylation is 1. The average molecular weight is 365 g/mol. The molecular weight excluding hydrogens is 345 g/mol. The van der Waals surface area contributed by atoms with Crippen LogP contribution < -0.4 is 10.9 Å². The van der Waals surface area contributed by atoms with Gasteiger partial charge in [-0.3, -0.25) is 14.2 Å². The van der Waals surface area contributed by atoms with E-state index in [0.29, 0.717) is 18.7 Å². The fourth-order valence-electron chi connectivity index (χ4n) is 2.63. The first-order valence-electron chi connectivity index (χ1n) is 8.66. The third-order valence-electron chi connectivity index (χ3n) is 4.19. The molecular formula is C21H20FN3O2. The number of aromatic nitrogens is 2. The Labute approximate surface area is 156 Å². The van der Waals surface area contributed by atoms with Crippen LogP contribution >= 0.6 is 0 Å². The van der Waals surface area contributed by atoms with Gasteiger partial charge in [0.2, 0.25) is 5.91 Å². The molecule has 1 amide bonds. The average Bonchev–Trinajstić information content (AvgIpc) is 2.66. The number of carbonyl (C=O) groups excluding carboxylic acids is 1. The molecule has 3 aromatic rings. The lowest BCUT2D eigenvalue weighted by Gasteiger charge is -2.08. The second-order valence-corrected chi connectivity index (χ2v) is 6.33. The highest BCUT2D eigenvalue weighted by molar-refractivity contribution is 5.75. The Morgan fingerprint density at radius 3 is 2.48 bits per heavy atom. The van der Waals surface area contributed by atoms with Gasteiger partial charge in [-0.05, 0) is 31.0 Å². The molecule has 6 heteroatoms. The quantitative estimate of drug-likeness (QED) is 0.731. The Kier molecular flexibility index (Phi) is 5.76. The van der Waals surface area contributed by atoms with E-state index in [1.807, 2.05) is 31.2 Å². The smallest absolute Gasteiger partial charge is 0.254 e. The van der Waals surface area contributed by atoms with Crippen LogP contribution in [-0.2, 0) is 17.8 Å². The maximum Gasteiger partial charge on any atom is 0.254 e. The van der Waals surface area contributed by atoms with E-state index < -0.39 is 0 Å². The molecule has 0 bridgehead atoms. The highest BCUT2D eigenvalue weighted by Crippen LogP contribution is 2.15. The van der Waals surface area contributed by atoms with Gasteiger partial charge < -0.3 is 5.32 Å². The second-order valence-electron chi connectivity index (χ2n) is 6.33. The minimum Gasteiger partial charge on any atom is -0.354 e. The van der Waals surface area contributed by atoms with E-state index in [9.17, 15) is 14.0 Å². The van der Waals surface area contributed by atoms with Crippen LogP contribution in [0, 0.1) is 12.7 Å². The summed E-state index contributed by atoms with van der Waals surface area (Å²) in [6.45, 7) is 2.31. The van der Waals surface area contributed by atoms with Gasteiger partial charge in [0.05, 0.1) is 12.0 Å². The fourth-order valence-corrected chi connectivity index (χ4v) is 2.63. The van der Waals surface area contributed by atoms with Gasteiger partial charge in [-0.1, -0.05) is 42.0 Å². The molecule has 5 nitrogen and oxygen atoms in total. The summed E-state index contributed by atoms with van der Waals surface area (Å²) in [6, 6.07) is 15.3.